The van der Waals surface area contributed by atoms with Gasteiger partial charge in [-0.15, -0.1) is 0 Å². The standard InChI is InChI=1S/C33H31F5N4O5/c1-17-12-23(33(36,37)38)27(31(44)41(17)3)21-8-7-19(29-22(21)6-5-9-39-29)13-26(32(45)46-4)40-30(43)28-24(34)14-20(15-25(28)35)42-10-11-47-16-18(42)2/h5-9,12,14-15,18,26H,10-11,13,16H2,1-4H3,(H,40,43)/t18-,26-/m0/s1. The Morgan fingerprint density at radius 2 is 1.85 bits per heavy atom. The maximum atomic E-state index is 15.2. The Kier molecular flexibility index (Phi) is 9.34. The van der Waals surface area contributed by atoms with Crippen LogP contribution in [-0.4, -0.2) is 60.4 Å². The second-order valence-corrected chi connectivity index (χ2v) is 11.3. The molecule has 4 aromatic rings. The minimum atomic E-state index is -4.84. The molecular weight excluding hydrogens is 627 g/mol. The Morgan fingerprint density at radius 1 is 1.15 bits per heavy atom. The lowest BCUT2D eigenvalue weighted by Gasteiger charge is -2.35. The zero-order chi connectivity index (χ0) is 34.2. The van der Waals surface area contributed by atoms with Crippen molar-refractivity contribution in [2.45, 2.75) is 38.5 Å². The quantitative estimate of drug-likeness (QED) is 0.222. The van der Waals surface area contributed by atoms with Crippen LogP contribution < -0.4 is 15.8 Å². The van der Waals surface area contributed by atoms with Crippen LogP contribution in [0.1, 0.15) is 34.1 Å². The van der Waals surface area contributed by atoms with Crippen molar-refractivity contribution in [3.05, 3.63) is 93.0 Å². The third-order valence-corrected chi connectivity index (χ3v) is 8.27. The van der Waals surface area contributed by atoms with Gasteiger partial charge < -0.3 is 24.3 Å². The molecule has 248 valence electrons. The number of hydrogen-bond acceptors (Lipinski definition) is 7. The molecule has 9 nitrogen and oxygen atoms in total. The van der Waals surface area contributed by atoms with Gasteiger partial charge in [0.1, 0.15) is 23.2 Å². The number of methoxy groups -OCH3 is 1. The lowest BCUT2D eigenvalue weighted by molar-refractivity contribution is -0.143. The first-order chi connectivity index (χ1) is 22.2. The zero-order valence-corrected chi connectivity index (χ0v) is 25.9. The van der Waals surface area contributed by atoms with Crippen LogP contribution in [0.4, 0.5) is 27.6 Å². The highest BCUT2D eigenvalue weighted by Gasteiger charge is 2.37. The first kappa shape index (κ1) is 33.5. The van der Waals surface area contributed by atoms with E-state index < -0.39 is 58.0 Å². The summed E-state index contributed by atoms with van der Waals surface area (Å²) in [5, 5.41) is 2.51. The highest BCUT2D eigenvalue weighted by Crippen LogP contribution is 2.38. The summed E-state index contributed by atoms with van der Waals surface area (Å²) in [6, 6.07) is 6.98. The molecule has 1 N–H and O–H groups in total. The Morgan fingerprint density at radius 3 is 2.49 bits per heavy atom. The average molecular weight is 659 g/mol. The fourth-order valence-corrected chi connectivity index (χ4v) is 5.76. The number of alkyl halides is 3. The summed E-state index contributed by atoms with van der Waals surface area (Å²) in [5.41, 5.74) is -2.73. The van der Waals surface area contributed by atoms with Crippen LogP contribution in [0.15, 0.2) is 53.5 Å². The topological polar surface area (TPSA) is 103 Å². The molecule has 0 spiro atoms. The van der Waals surface area contributed by atoms with Crippen molar-refractivity contribution in [2.75, 3.05) is 31.8 Å². The minimum absolute atomic E-state index is 0.0396. The molecule has 1 aliphatic rings. The lowest BCUT2D eigenvalue weighted by atomic mass is 9.93. The van der Waals surface area contributed by atoms with Gasteiger partial charge in [0.25, 0.3) is 11.5 Å². The van der Waals surface area contributed by atoms with Crippen LogP contribution in [0.25, 0.3) is 22.0 Å². The van der Waals surface area contributed by atoms with Gasteiger partial charge in [-0.2, -0.15) is 13.2 Å². The summed E-state index contributed by atoms with van der Waals surface area (Å²) < 4.78 is 84.2. The zero-order valence-electron chi connectivity index (χ0n) is 25.9. The minimum Gasteiger partial charge on any atom is -0.467 e. The molecule has 0 bridgehead atoms. The number of rotatable bonds is 7. The number of morpholine rings is 1. The van der Waals surface area contributed by atoms with Crippen LogP contribution in [0.3, 0.4) is 0 Å². The van der Waals surface area contributed by atoms with Gasteiger partial charge in [-0.3, -0.25) is 14.6 Å². The Balaban J connectivity index is 1.51. The first-order valence-corrected chi connectivity index (χ1v) is 14.6. The molecule has 47 heavy (non-hydrogen) atoms. The van der Waals surface area contributed by atoms with E-state index in [-0.39, 0.29) is 45.9 Å². The molecule has 0 unspecified atom stereocenters. The SMILES string of the molecule is COC(=O)[C@H](Cc1ccc(-c2c(C(F)(F)F)cc(C)n(C)c2=O)c2cccnc12)NC(=O)c1c(F)cc(N2CCOC[C@@H]2C)cc1F. The number of halogens is 5. The molecule has 2 atom stereocenters. The number of nitrogens with zero attached hydrogens (tertiary/aromatic N) is 3. The van der Waals surface area contributed by atoms with Gasteiger partial charge >= 0.3 is 12.1 Å². The molecule has 0 radical (unpaired) electrons. The number of aryl methyl sites for hydroxylation is 1. The summed E-state index contributed by atoms with van der Waals surface area (Å²) in [7, 11) is 2.42. The second-order valence-electron chi connectivity index (χ2n) is 11.3. The highest BCUT2D eigenvalue weighted by molar-refractivity contribution is 5.99. The first-order valence-electron chi connectivity index (χ1n) is 14.6. The van der Waals surface area contributed by atoms with Crippen LogP contribution in [0, 0.1) is 18.6 Å². The number of hydrogen-bond donors (Lipinski definition) is 1. The molecule has 0 saturated carbocycles. The van der Waals surface area contributed by atoms with Crippen molar-refractivity contribution in [3.8, 4) is 11.1 Å². The maximum Gasteiger partial charge on any atom is 0.417 e. The summed E-state index contributed by atoms with van der Waals surface area (Å²) >= 11 is 0. The van der Waals surface area contributed by atoms with E-state index in [0.29, 0.717) is 19.8 Å². The van der Waals surface area contributed by atoms with Gasteiger partial charge in [-0.1, -0.05) is 18.2 Å². The molecule has 1 saturated heterocycles. The molecule has 1 amide bonds. The predicted octanol–water partition coefficient (Wildman–Crippen LogP) is 4.95. The molecule has 14 heteroatoms. The molecular formula is C33H31F5N4O5. The van der Waals surface area contributed by atoms with Crippen LogP contribution in [0.2, 0.25) is 0 Å². The van der Waals surface area contributed by atoms with E-state index in [1.807, 2.05) is 6.92 Å². The molecule has 5 rings (SSSR count). The van der Waals surface area contributed by atoms with Crippen molar-refractivity contribution in [2.24, 2.45) is 7.05 Å². The van der Waals surface area contributed by atoms with Crippen LogP contribution in [-0.2, 0) is 33.9 Å². The number of anilines is 1. The van der Waals surface area contributed by atoms with E-state index in [4.69, 9.17) is 9.47 Å². The molecule has 0 aliphatic carbocycles. The van der Waals surface area contributed by atoms with Crippen molar-refractivity contribution in [1.29, 1.82) is 0 Å². The average Bonchev–Trinajstić information content (AvgIpc) is 3.02. The number of carbonyl (C=O) groups excluding carboxylic acids is 2. The summed E-state index contributed by atoms with van der Waals surface area (Å²) in [6.07, 6.45) is -3.78. The van der Waals surface area contributed by atoms with E-state index in [2.05, 4.69) is 10.3 Å². The van der Waals surface area contributed by atoms with Crippen LogP contribution in [0.5, 0.6) is 0 Å². The highest BCUT2D eigenvalue weighted by atomic mass is 19.4. The lowest BCUT2D eigenvalue weighted by Crippen LogP contribution is -2.44. The van der Waals surface area contributed by atoms with Gasteiger partial charge in [0.15, 0.2) is 0 Å². The van der Waals surface area contributed by atoms with Crippen molar-refractivity contribution < 1.29 is 41.0 Å². The predicted molar refractivity (Wildman–Crippen MR) is 163 cm³/mol. The Hall–Kier alpha value is -4.85. The number of fused-ring (bicyclic) bond motifs is 1. The van der Waals surface area contributed by atoms with E-state index in [9.17, 15) is 27.6 Å². The maximum absolute atomic E-state index is 15.2. The number of carbonyl (C=O) groups is 2. The third kappa shape index (κ3) is 6.55. The number of benzene rings is 2. The van der Waals surface area contributed by atoms with Gasteiger partial charge in [-0.05, 0) is 49.2 Å². The summed E-state index contributed by atoms with van der Waals surface area (Å²) in [5.74, 6) is -4.45. The fraction of sp³-hybridized carbons (Fsp3) is 0.333. The number of ether oxygens (including phenoxy) is 2. The van der Waals surface area contributed by atoms with E-state index in [0.717, 1.165) is 29.9 Å². The second kappa shape index (κ2) is 13.1. The van der Waals surface area contributed by atoms with Crippen molar-refractivity contribution in [1.82, 2.24) is 14.9 Å². The Bertz CT molecular complexity index is 1900. The van der Waals surface area contributed by atoms with Gasteiger partial charge in [0.2, 0.25) is 0 Å². The van der Waals surface area contributed by atoms with Crippen LogP contribution >= 0.6 is 0 Å². The van der Waals surface area contributed by atoms with Crippen molar-refractivity contribution >= 4 is 28.5 Å². The van der Waals surface area contributed by atoms with E-state index >= 15 is 8.78 Å². The molecule has 2 aromatic heterocycles. The van der Waals surface area contributed by atoms with E-state index in [1.54, 1.807) is 4.90 Å². The Labute approximate surface area is 265 Å². The normalized spacial score (nSPS) is 15.9. The number of amides is 1. The monoisotopic (exact) mass is 658 g/mol. The number of nitrogens with one attached hydrogen (secondary N) is 1. The van der Waals surface area contributed by atoms with Gasteiger partial charge in [-0.25, -0.2) is 13.6 Å². The summed E-state index contributed by atoms with van der Waals surface area (Å²) in [4.78, 5) is 45.3. The van der Waals surface area contributed by atoms with E-state index in [1.165, 1.54) is 44.4 Å². The summed E-state index contributed by atoms with van der Waals surface area (Å²) in [6.45, 7) is 4.35. The number of esters is 1. The largest absolute Gasteiger partial charge is 0.467 e. The molecule has 1 aliphatic heterocycles. The molecule has 3 heterocycles. The number of aromatic nitrogens is 2. The molecule has 2 aromatic carbocycles. The fourth-order valence-electron chi connectivity index (χ4n) is 5.76. The van der Waals surface area contributed by atoms with Gasteiger partial charge in [0, 0.05) is 49.0 Å². The number of pyridine rings is 2. The molecule has 1 fully saturated rings. The van der Waals surface area contributed by atoms with Gasteiger partial charge in [0.05, 0.1) is 37.0 Å². The van der Waals surface area contributed by atoms with Crippen molar-refractivity contribution in [3.63, 3.8) is 0 Å². The third-order valence-electron chi connectivity index (χ3n) is 8.27. The smallest absolute Gasteiger partial charge is 0.417 e.